The first-order valence-electron chi connectivity index (χ1n) is 11.7. The van der Waals surface area contributed by atoms with Gasteiger partial charge in [-0.15, -0.1) is 0 Å². The van der Waals surface area contributed by atoms with Gasteiger partial charge < -0.3 is 20.3 Å². The van der Waals surface area contributed by atoms with Gasteiger partial charge in [0.2, 0.25) is 5.91 Å². The molecule has 4 rings (SSSR count). The van der Waals surface area contributed by atoms with Crippen molar-refractivity contribution in [3.05, 3.63) is 65.7 Å². The number of aryl methyl sites for hydroxylation is 1. The quantitative estimate of drug-likeness (QED) is 0.725. The maximum atomic E-state index is 12.8. The van der Waals surface area contributed by atoms with Crippen molar-refractivity contribution in [2.24, 2.45) is 11.8 Å². The highest BCUT2D eigenvalue weighted by atomic mass is 16.5. The van der Waals surface area contributed by atoms with Gasteiger partial charge >= 0.3 is 6.03 Å². The molecule has 170 valence electrons. The van der Waals surface area contributed by atoms with Crippen LogP contribution < -0.4 is 10.6 Å². The highest BCUT2D eigenvalue weighted by molar-refractivity contribution is 5.89. The number of amides is 3. The molecule has 6 heteroatoms. The van der Waals surface area contributed by atoms with Crippen LogP contribution in [0.25, 0.3) is 0 Å². The molecule has 6 nitrogen and oxygen atoms in total. The van der Waals surface area contributed by atoms with Crippen LogP contribution in [0.1, 0.15) is 42.9 Å². The van der Waals surface area contributed by atoms with Gasteiger partial charge in [0.05, 0.1) is 6.10 Å². The molecule has 2 fully saturated rings. The number of carbonyl (C=O) groups excluding carboxylic acids is 2. The van der Waals surface area contributed by atoms with Crippen molar-refractivity contribution in [3.63, 3.8) is 0 Å². The Morgan fingerprint density at radius 3 is 2.56 bits per heavy atom. The molecule has 2 N–H and O–H groups in total. The Morgan fingerprint density at radius 1 is 1.03 bits per heavy atom. The van der Waals surface area contributed by atoms with Crippen LogP contribution in [0.3, 0.4) is 0 Å². The lowest BCUT2D eigenvalue weighted by Gasteiger charge is -2.34. The molecule has 2 atom stereocenters. The lowest BCUT2D eigenvalue weighted by atomic mass is 9.89. The molecule has 0 spiro atoms. The Kier molecular flexibility index (Phi) is 7.43. The lowest BCUT2D eigenvalue weighted by Crippen LogP contribution is -2.45. The third kappa shape index (κ3) is 5.68. The van der Waals surface area contributed by atoms with Crippen LogP contribution in [0.15, 0.2) is 54.6 Å². The van der Waals surface area contributed by atoms with Gasteiger partial charge in [0, 0.05) is 43.8 Å². The fourth-order valence-electron chi connectivity index (χ4n) is 4.71. The number of nitrogens with zero attached hydrogens (tertiary/aromatic N) is 1. The van der Waals surface area contributed by atoms with Crippen molar-refractivity contribution < 1.29 is 14.3 Å². The molecular weight excluding hydrogens is 402 g/mol. The summed E-state index contributed by atoms with van der Waals surface area (Å²) in [6, 6.07) is 18.0. The number of likely N-dealkylation sites (tertiary alicyclic amines) is 1. The second kappa shape index (κ2) is 10.6. The number of ether oxygens (including phenoxy) is 1. The first-order chi connectivity index (χ1) is 15.6. The zero-order valence-electron chi connectivity index (χ0n) is 18.8. The van der Waals surface area contributed by atoms with Crippen LogP contribution in [-0.2, 0) is 9.53 Å². The third-order valence-electron chi connectivity index (χ3n) is 6.53. The van der Waals surface area contributed by atoms with Crippen molar-refractivity contribution in [2.75, 3.05) is 31.6 Å². The topological polar surface area (TPSA) is 70.7 Å². The molecule has 0 aliphatic carbocycles. The van der Waals surface area contributed by atoms with E-state index in [1.54, 1.807) is 4.90 Å². The summed E-state index contributed by atoms with van der Waals surface area (Å²) >= 11 is 0. The van der Waals surface area contributed by atoms with Gasteiger partial charge in [0.25, 0.3) is 0 Å². The van der Waals surface area contributed by atoms with Gasteiger partial charge in [-0.3, -0.25) is 4.79 Å². The van der Waals surface area contributed by atoms with E-state index < -0.39 is 0 Å². The molecule has 2 saturated heterocycles. The monoisotopic (exact) mass is 435 g/mol. The number of benzene rings is 2. The molecule has 0 aromatic heterocycles. The second-order valence-corrected chi connectivity index (χ2v) is 8.91. The van der Waals surface area contributed by atoms with E-state index in [9.17, 15) is 9.59 Å². The Bertz CT molecular complexity index is 910. The first kappa shape index (κ1) is 22.3. The molecule has 2 heterocycles. The molecule has 32 heavy (non-hydrogen) atoms. The molecule has 2 unspecified atom stereocenters. The molecule has 0 bridgehead atoms. The van der Waals surface area contributed by atoms with E-state index >= 15 is 0 Å². The van der Waals surface area contributed by atoms with Crippen LogP contribution in [0, 0.1) is 18.8 Å². The molecule has 0 saturated carbocycles. The molecular formula is C26H33N3O3. The Balaban J connectivity index is 1.24. The van der Waals surface area contributed by atoms with E-state index in [-0.39, 0.29) is 29.9 Å². The van der Waals surface area contributed by atoms with Gasteiger partial charge in [-0.2, -0.15) is 0 Å². The maximum Gasteiger partial charge on any atom is 0.321 e. The van der Waals surface area contributed by atoms with Crippen LogP contribution in [0.4, 0.5) is 10.5 Å². The average Bonchev–Trinajstić information content (AvgIpc) is 2.83. The summed E-state index contributed by atoms with van der Waals surface area (Å²) in [7, 11) is 0. The largest absolute Gasteiger partial charge is 0.373 e. The smallest absolute Gasteiger partial charge is 0.321 e. The van der Waals surface area contributed by atoms with Gasteiger partial charge in [0.15, 0.2) is 0 Å². The highest BCUT2D eigenvalue weighted by Gasteiger charge is 2.30. The average molecular weight is 436 g/mol. The van der Waals surface area contributed by atoms with Crippen molar-refractivity contribution in [2.45, 2.75) is 38.7 Å². The standard InChI is InChI=1S/C26H33N3O3/c1-19-7-5-11-23(17-19)28-26(31)29-14-12-21(13-15-29)25(30)27-18-22-10-6-16-32-24(22)20-8-3-2-4-9-20/h2-5,7-9,11,17,21-22,24H,6,10,12-16,18H2,1H3,(H,27,30)(H,28,31). The van der Waals surface area contributed by atoms with Gasteiger partial charge in [-0.25, -0.2) is 4.79 Å². The van der Waals surface area contributed by atoms with E-state index in [4.69, 9.17) is 4.74 Å². The van der Waals surface area contributed by atoms with E-state index in [2.05, 4.69) is 22.8 Å². The number of piperidine rings is 1. The van der Waals surface area contributed by atoms with Gasteiger partial charge in [-0.1, -0.05) is 42.5 Å². The number of urea groups is 1. The Labute approximate surface area is 190 Å². The molecule has 2 aromatic rings. The number of hydrogen-bond acceptors (Lipinski definition) is 3. The number of nitrogens with one attached hydrogen (secondary N) is 2. The SMILES string of the molecule is Cc1cccc(NC(=O)N2CCC(C(=O)NCC3CCCOC3c3ccccc3)CC2)c1. The van der Waals surface area contributed by atoms with Crippen LogP contribution in [0.5, 0.6) is 0 Å². The predicted molar refractivity (Wildman–Crippen MR) is 125 cm³/mol. The van der Waals surface area contributed by atoms with Crippen LogP contribution >= 0.6 is 0 Å². The summed E-state index contributed by atoms with van der Waals surface area (Å²) in [5, 5.41) is 6.13. The van der Waals surface area contributed by atoms with Crippen molar-refractivity contribution >= 4 is 17.6 Å². The third-order valence-corrected chi connectivity index (χ3v) is 6.53. The molecule has 3 amide bonds. The summed E-state index contributed by atoms with van der Waals surface area (Å²) in [6.07, 6.45) is 3.50. The molecule has 2 aliphatic heterocycles. The van der Waals surface area contributed by atoms with E-state index in [0.29, 0.717) is 32.5 Å². The highest BCUT2D eigenvalue weighted by Crippen LogP contribution is 2.33. The number of carbonyl (C=O) groups is 2. The van der Waals surface area contributed by atoms with Gasteiger partial charge in [-0.05, 0) is 55.9 Å². The second-order valence-electron chi connectivity index (χ2n) is 8.91. The molecule has 2 aliphatic rings. The van der Waals surface area contributed by atoms with Crippen molar-refractivity contribution in [1.29, 1.82) is 0 Å². The fourth-order valence-corrected chi connectivity index (χ4v) is 4.71. The summed E-state index contributed by atoms with van der Waals surface area (Å²) in [5.41, 5.74) is 3.09. The summed E-state index contributed by atoms with van der Waals surface area (Å²) < 4.78 is 6.05. The van der Waals surface area contributed by atoms with Crippen molar-refractivity contribution in [3.8, 4) is 0 Å². The zero-order chi connectivity index (χ0) is 22.3. The number of rotatable bonds is 5. The summed E-state index contributed by atoms with van der Waals surface area (Å²) in [5.74, 6) is 0.342. The summed E-state index contributed by atoms with van der Waals surface area (Å²) in [6.45, 7) is 4.59. The maximum absolute atomic E-state index is 12.8. The van der Waals surface area contributed by atoms with Crippen molar-refractivity contribution in [1.82, 2.24) is 10.2 Å². The number of hydrogen-bond donors (Lipinski definition) is 2. The van der Waals surface area contributed by atoms with Gasteiger partial charge in [0.1, 0.15) is 0 Å². The fraction of sp³-hybridized carbons (Fsp3) is 0.462. The molecule has 0 radical (unpaired) electrons. The minimum atomic E-state index is -0.0977. The Hall–Kier alpha value is -2.86. The summed E-state index contributed by atoms with van der Waals surface area (Å²) in [4.78, 5) is 27.2. The van der Waals surface area contributed by atoms with E-state index in [1.807, 2.05) is 49.4 Å². The predicted octanol–water partition coefficient (Wildman–Crippen LogP) is 4.52. The molecule has 2 aromatic carbocycles. The normalized spacial score (nSPS) is 21.7. The Morgan fingerprint density at radius 2 is 1.81 bits per heavy atom. The van der Waals surface area contributed by atoms with E-state index in [1.165, 1.54) is 5.56 Å². The minimum absolute atomic E-state index is 0.0393. The first-order valence-corrected chi connectivity index (χ1v) is 11.7. The number of anilines is 1. The zero-order valence-corrected chi connectivity index (χ0v) is 18.8. The van der Waals surface area contributed by atoms with E-state index in [0.717, 1.165) is 30.7 Å². The minimum Gasteiger partial charge on any atom is -0.373 e. The van der Waals surface area contributed by atoms with Crippen LogP contribution in [0.2, 0.25) is 0 Å². The lowest BCUT2D eigenvalue weighted by molar-refractivity contribution is -0.127. The van der Waals surface area contributed by atoms with Crippen LogP contribution in [-0.4, -0.2) is 43.1 Å².